The van der Waals surface area contributed by atoms with Gasteiger partial charge in [0, 0.05) is 17.6 Å². The second-order valence-corrected chi connectivity index (χ2v) is 7.52. The van der Waals surface area contributed by atoms with Gasteiger partial charge in [-0.2, -0.15) is 0 Å². The van der Waals surface area contributed by atoms with Crippen molar-refractivity contribution in [3.05, 3.63) is 86.7 Å². The average Bonchev–Trinajstić information content (AvgIpc) is 3.28. The van der Waals surface area contributed by atoms with E-state index >= 15 is 0 Å². The molecule has 5 nitrogen and oxygen atoms in total. The fraction of sp³-hybridized carbons (Fsp3) is 0.0952. The van der Waals surface area contributed by atoms with Crippen LogP contribution in [0.2, 0.25) is 0 Å². The van der Waals surface area contributed by atoms with Crippen LogP contribution in [0.25, 0.3) is 27.8 Å². The lowest BCUT2D eigenvalue weighted by molar-refractivity contribution is 0.954. The Kier molecular flexibility index (Phi) is 3.48. The van der Waals surface area contributed by atoms with Crippen molar-refractivity contribution >= 4 is 33.4 Å². The number of hydrogen-bond acceptors (Lipinski definition) is 4. The smallest absolute Gasteiger partial charge is 0.274 e. The Labute approximate surface area is 158 Å². The lowest BCUT2D eigenvalue weighted by Gasteiger charge is -2.08. The predicted molar refractivity (Wildman–Crippen MR) is 109 cm³/mol. The minimum Gasteiger partial charge on any atom is -0.316 e. The van der Waals surface area contributed by atoms with Crippen molar-refractivity contribution in [2.45, 2.75) is 13.8 Å². The van der Waals surface area contributed by atoms with Gasteiger partial charge in [-0.3, -0.25) is 9.78 Å². The van der Waals surface area contributed by atoms with Crippen molar-refractivity contribution in [2.24, 2.45) is 0 Å². The quantitative estimate of drug-likeness (QED) is 0.478. The van der Waals surface area contributed by atoms with Crippen molar-refractivity contribution in [1.29, 1.82) is 0 Å². The van der Waals surface area contributed by atoms with Gasteiger partial charge < -0.3 is 4.57 Å². The third kappa shape index (κ3) is 2.41. The van der Waals surface area contributed by atoms with Crippen LogP contribution in [-0.4, -0.2) is 18.9 Å². The summed E-state index contributed by atoms with van der Waals surface area (Å²) in [5.41, 5.74) is 5.91. The van der Waals surface area contributed by atoms with E-state index in [9.17, 15) is 4.79 Å². The molecule has 0 amide bonds. The van der Waals surface area contributed by atoms with Gasteiger partial charge in [0.25, 0.3) is 5.56 Å². The van der Waals surface area contributed by atoms with Crippen LogP contribution < -0.4 is 10.1 Å². The van der Waals surface area contributed by atoms with E-state index in [0.29, 0.717) is 4.53 Å². The SMILES string of the molecule is Cc1cc(/C=c2\sc3nc4ccccc4n3c2=O)c(C)n1-c1cccnc1. The summed E-state index contributed by atoms with van der Waals surface area (Å²) in [5.74, 6) is 0. The molecule has 0 aliphatic heterocycles. The first kappa shape index (κ1) is 16.0. The van der Waals surface area contributed by atoms with E-state index in [0.717, 1.165) is 38.6 Å². The molecule has 0 fully saturated rings. The van der Waals surface area contributed by atoms with Gasteiger partial charge in [0.1, 0.15) is 0 Å². The molecule has 132 valence electrons. The Morgan fingerprint density at radius 2 is 1.96 bits per heavy atom. The molecule has 0 unspecified atom stereocenters. The van der Waals surface area contributed by atoms with Gasteiger partial charge in [-0.15, -0.1) is 0 Å². The van der Waals surface area contributed by atoms with E-state index in [2.05, 4.69) is 34.4 Å². The first-order valence-corrected chi connectivity index (χ1v) is 9.46. The normalized spacial score (nSPS) is 12.4. The number of imidazole rings is 1. The van der Waals surface area contributed by atoms with Gasteiger partial charge in [0.2, 0.25) is 0 Å². The fourth-order valence-electron chi connectivity index (χ4n) is 3.57. The fourth-order valence-corrected chi connectivity index (χ4v) is 4.55. The molecule has 0 atom stereocenters. The number of aromatic nitrogens is 4. The molecule has 5 rings (SSSR count). The Hall–Kier alpha value is -3.25. The summed E-state index contributed by atoms with van der Waals surface area (Å²) in [6, 6.07) is 13.8. The molecule has 0 aliphatic carbocycles. The van der Waals surface area contributed by atoms with Crippen LogP contribution >= 0.6 is 11.3 Å². The maximum absolute atomic E-state index is 13.0. The summed E-state index contributed by atoms with van der Waals surface area (Å²) in [7, 11) is 0. The van der Waals surface area contributed by atoms with Gasteiger partial charge >= 0.3 is 0 Å². The van der Waals surface area contributed by atoms with Gasteiger partial charge in [0.05, 0.1) is 27.4 Å². The first-order valence-electron chi connectivity index (χ1n) is 8.64. The average molecular weight is 372 g/mol. The van der Waals surface area contributed by atoms with Crippen molar-refractivity contribution in [3.63, 3.8) is 0 Å². The third-order valence-electron chi connectivity index (χ3n) is 4.81. The van der Waals surface area contributed by atoms with E-state index in [4.69, 9.17) is 0 Å². The molecule has 0 bridgehead atoms. The predicted octanol–water partition coefficient (Wildman–Crippen LogP) is 3.26. The second kappa shape index (κ2) is 5.89. The number of hydrogen-bond donors (Lipinski definition) is 0. The summed E-state index contributed by atoms with van der Waals surface area (Å²) < 4.78 is 4.54. The molecule has 4 heterocycles. The number of thiazole rings is 1. The third-order valence-corrected chi connectivity index (χ3v) is 5.77. The van der Waals surface area contributed by atoms with Crippen molar-refractivity contribution < 1.29 is 0 Å². The number of para-hydroxylation sites is 2. The van der Waals surface area contributed by atoms with Gasteiger partial charge in [-0.05, 0) is 55.8 Å². The molecule has 0 saturated carbocycles. The molecule has 0 aliphatic rings. The number of rotatable bonds is 2. The maximum atomic E-state index is 13.0. The molecular weight excluding hydrogens is 356 g/mol. The van der Waals surface area contributed by atoms with E-state index in [1.54, 1.807) is 10.6 Å². The molecule has 0 saturated heterocycles. The van der Waals surface area contributed by atoms with Crippen LogP contribution in [0.4, 0.5) is 0 Å². The van der Waals surface area contributed by atoms with Crippen LogP contribution in [0.5, 0.6) is 0 Å². The Morgan fingerprint density at radius 1 is 1.11 bits per heavy atom. The van der Waals surface area contributed by atoms with Crippen LogP contribution in [0.3, 0.4) is 0 Å². The number of nitrogens with zero attached hydrogens (tertiary/aromatic N) is 4. The van der Waals surface area contributed by atoms with E-state index < -0.39 is 0 Å². The minimum atomic E-state index is -0.0186. The number of aryl methyl sites for hydroxylation is 1. The lowest BCUT2D eigenvalue weighted by atomic mass is 10.2. The molecule has 0 N–H and O–H groups in total. The standard InChI is InChI=1S/C21H16N4OS/c1-13-10-15(14(2)24(13)16-6-5-9-22-12-16)11-19-20(26)25-18-8-4-3-7-17(18)23-21(25)27-19/h3-12H,1-2H3/b19-11-. The zero-order chi connectivity index (χ0) is 18.5. The summed E-state index contributed by atoms with van der Waals surface area (Å²) >= 11 is 1.43. The monoisotopic (exact) mass is 372 g/mol. The van der Waals surface area contributed by atoms with Crippen molar-refractivity contribution in [3.8, 4) is 5.69 Å². The summed E-state index contributed by atoms with van der Waals surface area (Å²) in [6.45, 7) is 4.12. The first-order chi connectivity index (χ1) is 13.1. The number of benzene rings is 1. The second-order valence-electron chi connectivity index (χ2n) is 6.51. The molecule has 4 aromatic heterocycles. The number of pyridine rings is 1. The van der Waals surface area contributed by atoms with Crippen LogP contribution in [0, 0.1) is 13.8 Å². The van der Waals surface area contributed by atoms with Crippen molar-refractivity contribution in [1.82, 2.24) is 18.9 Å². The van der Waals surface area contributed by atoms with Crippen LogP contribution in [0.15, 0.2) is 59.7 Å². The molecule has 1 aromatic carbocycles. The molecule has 5 aromatic rings. The highest BCUT2D eigenvalue weighted by Gasteiger charge is 2.13. The molecule has 0 radical (unpaired) electrons. The number of fused-ring (bicyclic) bond motifs is 3. The topological polar surface area (TPSA) is 52.2 Å². The van der Waals surface area contributed by atoms with Crippen LogP contribution in [0.1, 0.15) is 17.0 Å². The Bertz CT molecular complexity index is 1410. The Morgan fingerprint density at radius 3 is 2.78 bits per heavy atom. The van der Waals surface area contributed by atoms with E-state index in [-0.39, 0.29) is 5.56 Å². The summed E-state index contributed by atoms with van der Waals surface area (Å²) in [6.07, 6.45) is 5.57. The maximum Gasteiger partial charge on any atom is 0.274 e. The molecule has 0 spiro atoms. The largest absolute Gasteiger partial charge is 0.316 e. The van der Waals surface area contributed by atoms with Gasteiger partial charge in [-0.1, -0.05) is 23.5 Å². The van der Waals surface area contributed by atoms with Crippen LogP contribution in [-0.2, 0) is 0 Å². The zero-order valence-corrected chi connectivity index (χ0v) is 15.7. The molecular formula is C21H16N4OS. The Balaban J connectivity index is 1.72. The molecule has 6 heteroatoms. The van der Waals surface area contributed by atoms with E-state index in [1.165, 1.54) is 11.3 Å². The highest BCUT2D eigenvalue weighted by Crippen LogP contribution is 2.21. The summed E-state index contributed by atoms with van der Waals surface area (Å²) in [5, 5.41) is 0. The highest BCUT2D eigenvalue weighted by atomic mass is 32.1. The molecule has 27 heavy (non-hydrogen) atoms. The minimum absolute atomic E-state index is 0.0186. The summed E-state index contributed by atoms with van der Waals surface area (Å²) in [4.78, 5) is 22.5. The lowest BCUT2D eigenvalue weighted by Crippen LogP contribution is -2.22. The highest BCUT2D eigenvalue weighted by molar-refractivity contribution is 7.15. The van der Waals surface area contributed by atoms with Gasteiger partial charge in [0.15, 0.2) is 4.96 Å². The van der Waals surface area contributed by atoms with Crippen molar-refractivity contribution in [2.75, 3.05) is 0 Å². The zero-order valence-electron chi connectivity index (χ0n) is 14.9. The van der Waals surface area contributed by atoms with Gasteiger partial charge in [-0.25, -0.2) is 9.38 Å². The van der Waals surface area contributed by atoms with E-state index in [1.807, 2.05) is 48.7 Å².